The molecule has 2 saturated heterocycles. The Morgan fingerprint density at radius 2 is 2.29 bits per heavy atom. The first-order valence-corrected chi connectivity index (χ1v) is 6.99. The molecule has 2 atom stereocenters. The van der Waals surface area contributed by atoms with E-state index >= 15 is 0 Å². The quantitative estimate of drug-likeness (QED) is 0.863. The number of piperidine rings is 1. The van der Waals surface area contributed by atoms with Crippen LogP contribution in [0.3, 0.4) is 0 Å². The SMILES string of the molecule is Cc1cc(C(=O)O)ccc1N1C[C@@H]2CNCC[C@]2(F)C1=O. The second-order valence-electron chi connectivity index (χ2n) is 5.74. The molecule has 1 aromatic rings. The Labute approximate surface area is 121 Å². The highest BCUT2D eigenvalue weighted by molar-refractivity contribution is 6.03. The van der Waals surface area contributed by atoms with Crippen LogP contribution < -0.4 is 10.2 Å². The van der Waals surface area contributed by atoms with E-state index in [-0.39, 0.29) is 17.9 Å². The van der Waals surface area contributed by atoms with Gasteiger partial charge in [-0.05, 0) is 37.2 Å². The van der Waals surface area contributed by atoms with E-state index in [1.165, 1.54) is 17.0 Å². The van der Waals surface area contributed by atoms with Gasteiger partial charge in [0.05, 0.1) is 5.56 Å². The van der Waals surface area contributed by atoms with Gasteiger partial charge in [0.2, 0.25) is 0 Å². The zero-order chi connectivity index (χ0) is 15.2. The van der Waals surface area contributed by atoms with Crippen molar-refractivity contribution in [2.75, 3.05) is 24.5 Å². The van der Waals surface area contributed by atoms with E-state index in [9.17, 15) is 14.0 Å². The van der Waals surface area contributed by atoms with Crippen LogP contribution in [-0.2, 0) is 4.79 Å². The molecule has 0 aliphatic carbocycles. The van der Waals surface area contributed by atoms with Gasteiger partial charge in [-0.3, -0.25) is 4.79 Å². The Hall–Kier alpha value is -1.95. The third-order valence-electron chi connectivity index (χ3n) is 4.44. The summed E-state index contributed by atoms with van der Waals surface area (Å²) in [7, 11) is 0. The van der Waals surface area contributed by atoms with Crippen molar-refractivity contribution in [2.45, 2.75) is 19.0 Å². The first kappa shape index (κ1) is 14.0. The third kappa shape index (κ3) is 2.10. The molecule has 5 nitrogen and oxygen atoms in total. The highest BCUT2D eigenvalue weighted by Crippen LogP contribution is 2.40. The molecule has 0 unspecified atom stereocenters. The number of rotatable bonds is 2. The number of amides is 1. The fourth-order valence-electron chi connectivity index (χ4n) is 3.23. The van der Waals surface area contributed by atoms with Crippen LogP contribution in [0.15, 0.2) is 18.2 Å². The number of anilines is 1. The predicted molar refractivity (Wildman–Crippen MR) is 75.3 cm³/mol. The number of carboxylic acids is 1. The van der Waals surface area contributed by atoms with E-state index in [1.807, 2.05) is 0 Å². The molecule has 2 aliphatic heterocycles. The molecule has 0 saturated carbocycles. The number of fused-ring (bicyclic) bond motifs is 1. The van der Waals surface area contributed by atoms with Gasteiger partial charge in [0.25, 0.3) is 5.91 Å². The fourth-order valence-corrected chi connectivity index (χ4v) is 3.23. The Balaban J connectivity index is 1.95. The number of carbonyl (C=O) groups is 2. The maximum Gasteiger partial charge on any atom is 0.335 e. The fraction of sp³-hybridized carbons (Fsp3) is 0.467. The maximum atomic E-state index is 14.9. The molecular formula is C15H17FN2O3. The Morgan fingerprint density at radius 3 is 2.90 bits per heavy atom. The molecule has 21 heavy (non-hydrogen) atoms. The van der Waals surface area contributed by atoms with Crippen molar-refractivity contribution in [1.29, 1.82) is 0 Å². The standard InChI is InChI=1S/C15H17FN2O3/c1-9-6-10(13(19)20)2-3-12(9)18-8-11-7-17-5-4-15(11,16)14(18)21/h2-3,6,11,17H,4-5,7-8H2,1H3,(H,19,20)/t11-,15+/m0/s1. The van der Waals surface area contributed by atoms with Crippen molar-refractivity contribution in [1.82, 2.24) is 5.32 Å². The number of carboxylic acid groups (broad SMARTS) is 1. The molecule has 0 aromatic heterocycles. The van der Waals surface area contributed by atoms with Crippen molar-refractivity contribution in [2.24, 2.45) is 5.92 Å². The van der Waals surface area contributed by atoms with Gasteiger partial charge in [-0.1, -0.05) is 0 Å². The molecule has 1 aromatic carbocycles. The molecule has 2 N–H and O–H groups in total. The number of nitrogens with one attached hydrogen (secondary N) is 1. The van der Waals surface area contributed by atoms with E-state index in [2.05, 4.69) is 5.32 Å². The summed E-state index contributed by atoms with van der Waals surface area (Å²) in [5.74, 6) is -1.87. The van der Waals surface area contributed by atoms with Crippen LogP contribution in [0, 0.1) is 12.8 Å². The monoisotopic (exact) mass is 292 g/mol. The van der Waals surface area contributed by atoms with Gasteiger partial charge in [-0.15, -0.1) is 0 Å². The number of nitrogens with zero attached hydrogens (tertiary/aromatic N) is 1. The summed E-state index contributed by atoms with van der Waals surface area (Å²) in [6.45, 7) is 3.06. The van der Waals surface area contributed by atoms with E-state index < -0.39 is 17.5 Å². The van der Waals surface area contributed by atoms with Crippen LogP contribution in [0.2, 0.25) is 0 Å². The van der Waals surface area contributed by atoms with Crippen LogP contribution in [0.5, 0.6) is 0 Å². The van der Waals surface area contributed by atoms with Crippen molar-refractivity contribution in [3.63, 3.8) is 0 Å². The lowest BCUT2D eigenvalue weighted by Crippen LogP contribution is -2.49. The van der Waals surface area contributed by atoms with Crippen LogP contribution in [0.4, 0.5) is 10.1 Å². The summed E-state index contributed by atoms with van der Waals surface area (Å²) in [5, 5.41) is 12.1. The highest BCUT2D eigenvalue weighted by Gasteiger charge is 2.56. The largest absolute Gasteiger partial charge is 0.478 e. The van der Waals surface area contributed by atoms with Crippen molar-refractivity contribution >= 4 is 17.6 Å². The summed E-state index contributed by atoms with van der Waals surface area (Å²) < 4.78 is 14.9. The van der Waals surface area contributed by atoms with Crippen molar-refractivity contribution in [3.05, 3.63) is 29.3 Å². The van der Waals surface area contributed by atoms with Gasteiger partial charge in [0.15, 0.2) is 5.67 Å². The predicted octanol–water partition coefficient (Wildman–Crippen LogP) is 1.36. The van der Waals surface area contributed by atoms with E-state index in [1.54, 1.807) is 13.0 Å². The second-order valence-corrected chi connectivity index (χ2v) is 5.74. The van der Waals surface area contributed by atoms with Crippen molar-refractivity contribution in [3.8, 4) is 0 Å². The topological polar surface area (TPSA) is 69.6 Å². The van der Waals surface area contributed by atoms with Crippen LogP contribution in [0.25, 0.3) is 0 Å². The van der Waals surface area contributed by atoms with Gasteiger partial charge in [0, 0.05) is 31.1 Å². The minimum Gasteiger partial charge on any atom is -0.478 e. The summed E-state index contributed by atoms with van der Waals surface area (Å²) in [6.07, 6.45) is 0.194. The molecule has 2 aliphatic rings. The lowest BCUT2D eigenvalue weighted by atomic mass is 9.86. The first-order chi connectivity index (χ1) is 9.93. The average molecular weight is 292 g/mol. The molecule has 0 spiro atoms. The van der Waals surface area contributed by atoms with Gasteiger partial charge in [-0.2, -0.15) is 0 Å². The number of aryl methyl sites for hydroxylation is 1. The summed E-state index contributed by atoms with van der Waals surface area (Å²) in [5.41, 5.74) is -0.366. The minimum absolute atomic E-state index is 0.164. The number of carbonyl (C=O) groups excluding carboxylic acids is 1. The number of alkyl halides is 1. The third-order valence-corrected chi connectivity index (χ3v) is 4.44. The van der Waals surface area contributed by atoms with Crippen LogP contribution in [0.1, 0.15) is 22.3 Å². The summed E-state index contributed by atoms with van der Waals surface area (Å²) >= 11 is 0. The molecule has 2 heterocycles. The van der Waals surface area contributed by atoms with E-state index in [4.69, 9.17) is 5.11 Å². The average Bonchev–Trinajstić information content (AvgIpc) is 2.71. The number of halogens is 1. The molecular weight excluding hydrogens is 275 g/mol. The van der Waals surface area contributed by atoms with Crippen molar-refractivity contribution < 1.29 is 19.1 Å². The Bertz CT molecular complexity index is 619. The van der Waals surface area contributed by atoms with Gasteiger partial charge < -0.3 is 15.3 Å². The van der Waals surface area contributed by atoms with E-state index in [0.717, 1.165) is 0 Å². The molecule has 2 fully saturated rings. The number of aromatic carboxylic acids is 1. The molecule has 0 bridgehead atoms. The number of hydrogen-bond acceptors (Lipinski definition) is 3. The highest BCUT2D eigenvalue weighted by atomic mass is 19.1. The van der Waals surface area contributed by atoms with Gasteiger partial charge in [-0.25, -0.2) is 9.18 Å². The molecule has 3 rings (SSSR count). The molecule has 6 heteroatoms. The number of benzene rings is 1. The lowest BCUT2D eigenvalue weighted by molar-refractivity contribution is -0.130. The van der Waals surface area contributed by atoms with Crippen LogP contribution >= 0.6 is 0 Å². The van der Waals surface area contributed by atoms with E-state index in [0.29, 0.717) is 30.9 Å². The maximum absolute atomic E-state index is 14.9. The van der Waals surface area contributed by atoms with Crippen LogP contribution in [-0.4, -0.2) is 42.3 Å². The zero-order valence-electron chi connectivity index (χ0n) is 11.7. The normalized spacial score (nSPS) is 28.6. The minimum atomic E-state index is -1.79. The summed E-state index contributed by atoms with van der Waals surface area (Å²) in [4.78, 5) is 24.9. The number of hydrogen-bond donors (Lipinski definition) is 2. The van der Waals surface area contributed by atoms with Gasteiger partial charge in [0.1, 0.15) is 0 Å². The zero-order valence-corrected chi connectivity index (χ0v) is 11.7. The Kier molecular flexibility index (Phi) is 3.20. The smallest absolute Gasteiger partial charge is 0.335 e. The molecule has 0 radical (unpaired) electrons. The lowest BCUT2D eigenvalue weighted by Gasteiger charge is -2.29. The Morgan fingerprint density at radius 1 is 1.52 bits per heavy atom. The first-order valence-electron chi connectivity index (χ1n) is 6.99. The summed E-state index contributed by atoms with van der Waals surface area (Å²) in [6, 6.07) is 4.55. The second kappa shape index (κ2) is 4.80. The molecule has 1 amide bonds. The van der Waals surface area contributed by atoms with Gasteiger partial charge >= 0.3 is 5.97 Å². The molecule has 112 valence electrons.